The van der Waals surface area contributed by atoms with E-state index >= 15 is 0 Å². The minimum Gasteiger partial charge on any atom is -0.464 e. The Kier molecular flexibility index (Phi) is 6.24. The molecule has 3 rings (SSSR count). The summed E-state index contributed by atoms with van der Waals surface area (Å²) >= 11 is 0. The quantitative estimate of drug-likeness (QED) is 0.604. The second kappa shape index (κ2) is 9.01. The van der Waals surface area contributed by atoms with E-state index in [1.165, 1.54) is 16.1 Å². The number of benzene rings is 2. The second-order valence-corrected chi connectivity index (χ2v) is 6.54. The topological polar surface area (TPSA) is 70.3 Å². The van der Waals surface area contributed by atoms with Gasteiger partial charge in [-0.15, -0.1) is 0 Å². The van der Waals surface area contributed by atoms with Crippen LogP contribution in [0.1, 0.15) is 18.1 Å². The molecule has 0 aliphatic rings. The number of esters is 1. The third kappa shape index (κ3) is 4.79. The van der Waals surface area contributed by atoms with Crippen LogP contribution >= 0.6 is 0 Å². The summed E-state index contributed by atoms with van der Waals surface area (Å²) in [6.07, 6.45) is 3.35. The summed E-state index contributed by atoms with van der Waals surface area (Å²) in [4.78, 5) is 37.5. The van der Waals surface area contributed by atoms with Crippen molar-refractivity contribution in [1.29, 1.82) is 0 Å². The standard InChI is InChI=1S/C23H22N2O4/c1-17(26)29-14-13-25-21(16-19-11-7-4-8-12-19)22(27)24(2)20(23(25)28)15-18-9-5-3-6-10-18/h3-12,15-16H,13-14H2,1-2H3. The highest BCUT2D eigenvalue weighted by atomic mass is 16.5. The number of aromatic nitrogens is 2. The predicted octanol–water partition coefficient (Wildman–Crippen LogP) is 0.768. The van der Waals surface area contributed by atoms with Gasteiger partial charge in [0.2, 0.25) is 0 Å². The van der Waals surface area contributed by atoms with E-state index in [4.69, 9.17) is 4.74 Å². The van der Waals surface area contributed by atoms with Gasteiger partial charge in [0.25, 0.3) is 11.1 Å². The van der Waals surface area contributed by atoms with Gasteiger partial charge in [0.1, 0.15) is 17.3 Å². The summed E-state index contributed by atoms with van der Waals surface area (Å²) in [5, 5.41) is 0.496. The van der Waals surface area contributed by atoms with Crippen molar-refractivity contribution in [1.82, 2.24) is 9.13 Å². The molecule has 6 heteroatoms. The number of carbonyl (C=O) groups is 1. The zero-order chi connectivity index (χ0) is 20.8. The molecule has 6 nitrogen and oxygen atoms in total. The molecule has 3 aromatic rings. The van der Waals surface area contributed by atoms with Gasteiger partial charge >= 0.3 is 5.97 Å². The van der Waals surface area contributed by atoms with Crippen LogP contribution in [0.4, 0.5) is 0 Å². The van der Waals surface area contributed by atoms with Crippen LogP contribution in [-0.2, 0) is 23.1 Å². The maximum atomic E-state index is 13.2. The van der Waals surface area contributed by atoms with E-state index < -0.39 is 5.97 Å². The lowest BCUT2D eigenvalue weighted by atomic mass is 10.2. The third-order valence-electron chi connectivity index (χ3n) is 4.47. The Morgan fingerprint density at radius 3 is 1.90 bits per heavy atom. The first-order valence-corrected chi connectivity index (χ1v) is 9.24. The van der Waals surface area contributed by atoms with E-state index in [1.807, 2.05) is 60.7 Å². The van der Waals surface area contributed by atoms with Gasteiger partial charge in [-0.3, -0.25) is 19.0 Å². The highest BCUT2D eigenvalue weighted by Crippen LogP contribution is 1.98. The van der Waals surface area contributed by atoms with Crippen molar-refractivity contribution in [2.75, 3.05) is 6.61 Å². The Balaban J connectivity index is 2.27. The molecule has 0 fully saturated rings. The van der Waals surface area contributed by atoms with E-state index in [0.717, 1.165) is 11.1 Å². The van der Waals surface area contributed by atoms with Gasteiger partial charge in [-0.05, 0) is 23.3 Å². The number of hydrogen-bond acceptors (Lipinski definition) is 4. The number of ether oxygens (including phenoxy) is 1. The average molecular weight is 390 g/mol. The molecule has 0 aliphatic heterocycles. The zero-order valence-electron chi connectivity index (χ0n) is 16.4. The molecule has 0 saturated carbocycles. The fourth-order valence-corrected chi connectivity index (χ4v) is 3.00. The van der Waals surface area contributed by atoms with Crippen LogP contribution in [0.3, 0.4) is 0 Å². The predicted molar refractivity (Wildman–Crippen MR) is 112 cm³/mol. The number of nitrogens with zero attached hydrogens (tertiary/aromatic N) is 2. The van der Waals surface area contributed by atoms with Crippen molar-refractivity contribution in [3.8, 4) is 0 Å². The first-order valence-electron chi connectivity index (χ1n) is 9.24. The van der Waals surface area contributed by atoms with Gasteiger partial charge in [0, 0.05) is 14.0 Å². The highest BCUT2D eigenvalue weighted by Gasteiger charge is 2.09. The molecular weight excluding hydrogens is 368 g/mol. The van der Waals surface area contributed by atoms with Gasteiger partial charge in [-0.2, -0.15) is 0 Å². The maximum Gasteiger partial charge on any atom is 0.302 e. The van der Waals surface area contributed by atoms with Gasteiger partial charge in [-0.25, -0.2) is 0 Å². The molecule has 0 spiro atoms. The van der Waals surface area contributed by atoms with Crippen LogP contribution in [0.15, 0.2) is 70.3 Å². The molecular formula is C23H22N2O4. The second-order valence-electron chi connectivity index (χ2n) is 6.54. The van der Waals surface area contributed by atoms with Gasteiger partial charge in [-0.1, -0.05) is 60.7 Å². The zero-order valence-corrected chi connectivity index (χ0v) is 16.4. The van der Waals surface area contributed by atoms with E-state index in [2.05, 4.69) is 0 Å². The summed E-state index contributed by atoms with van der Waals surface area (Å²) in [5.74, 6) is -0.438. The Bertz CT molecular complexity index is 1240. The van der Waals surface area contributed by atoms with Crippen molar-refractivity contribution in [3.05, 3.63) is 103 Å². The minimum atomic E-state index is -0.438. The Labute approximate surface area is 167 Å². The van der Waals surface area contributed by atoms with Crippen LogP contribution in [-0.4, -0.2) is 21.7 Å². The highest BCUT2D eigenvalue weighted by molar-refractivity contribution is 5.65. The maximum absolute atomic E-state index is 13.2. The Morgan fingerprint density at radius 1 is 0.862 bits per heavy atom. The Hall–Kier alpha value is -3.67. The van der Waals surface area contributed by atoms with E-state index in [1.54, 1.807) is 19.2 Å². The molecule has 29 heavy (non-hydrogen) atoms. The molecule has 0 saturated heterocycles. The van der Waals surface area contributed by atoms with Gasteiger partial charge in [0.05, 0.1) is 6.54 Å². The molecule has 0 N–H and O–H groups in total. The van der Waals surface area contributed by atoms with Gasteiger partial charge in [0.15, 0.2) is 0 Å². The van der Waals surface area contributed by atoms with Crippen molar-refractivity contribution in [2.24, 2.45) is 7.05 Å². The molecule has 2 aromatic carbocycles. The third-order valence-corrected chi connectivity index (χ3v) is 4.47. The summed E-state index contributed by atoms with van der Waals surface area (Å²) in [7, 11) is 1.58. The van der Waals surface area contributed by atoms with E-state index in [-0.39, 0.29) is 35.0 Å². The normalized spacial score (nSPS) is 12.2. The summed E-state index contributed by atoms with van der Waals surface area (Å²) in [6.45, 7) is 1.39. The monoisotopic (exact) mass is 390 g/mol. The fourth-order valence-electron chi connectivity index (χ4n) is 3.00. The van der Waals surface area contributed by atoms with Crippen molar-refractivity contribution >= 4 is 18.1 Å². The molecule has 0 amide bonds. The van der Waals surface area contributed by atoms with Crippen LogP contribution in [0.2, 0.25) is 0 Å². The lowest BCUT2D eigenvalue weighted by Crippen LogP contribution is -2.57. The van der Waals surface area contributed by atoms with Crippen LogP contribution < -0.4 is 21.8 Å². The molecule has 0 aliphatic carbocycles. The van der Waals surface area contributed by atoms with Gasteiger partial charge < -0.3 is 9.30 Å². The largest absolute Gasteiger partial charge is 0.464 e. The van der Waals surface area contributed by atoms with E-state index in [0.29, 0.717) is 0 Å². The molecule has 0 bridgehead atoms. The van der Waals surface area contributed by atoms with Crippen molar-refractivity contribution in [3.63, 3.8) is 0 Å². The fraction of sp³-hybridized carbons (Fsp3) is 0.174. The molecule has 1 heterocycles. The van der Waals surface area contributed by atoms with Crippen molar-refractivity contribution < 1.29 is 9.53 Å². The number of hydrogen-bond donors (Lipinski definition) is 0. The summed E-state index contributed by atoms with van der Waals surface area (Å²) in [6, 6.07) is 18.6. The Morgan fingerprint density at radius 2 is 1.38 bits per heavy atom. The van der Waals surface area contributed by atoms with Crippen LogP contribution in [0.5, 0.6) is 0 Å². The SMILES string of the molecule is CC(=O)OCCn1c(=O)c(=Cc2ccccc2)n(C)c(=O)c1=Cc1ccccc1. The van der Waals surface area contributed by atoms with E-state index in [9.17, 15) is 14.4 Å². The van der Waals surface area contributed by atoms with Crippen molar-refractivity contribution in [2.45, 2.75) is 13.5 Å². The van der Waals surface area contributed by atoms with Crippen LogP contribution in [0, 0.1) is 0 Å². The minimum absolute atomic E-state index is 0.00279. The molecule has 0 unspecified atom stereocenters. The van der Waals surface area contributed by atoms with Crippen LogP contribution in [0.25, 0.3) is 12.2 Å². The number of rotatable bonds is 5. The summed E-state index contributed by atoms with van der Waals surface area (Å²) in [5.41, 5.74) is 0.972. The molecule has 0 radical (unpaired) electrons. The summed E-state index contributed by atoms with van der Waals surface area (Å²) < 4.78 is 7.72. The molecule has 1 aromatic heterocycles. The number of carbonyl (C=O) groups excluding carboxylic acids is 1. The smallest absolute Gasteiger partial charge is 0.302 e. The molecule has 148 valence electrons. The lowest BCUT2D eigenvalue weighted by Gasteiger charge is -2.10. The first kappa shape index (κ1) is 20.1. The lowest BCUT2D eigenvalue weighted by molar-refractivity contribution is -0.141. The first-order chi connectivity index (χ1) is 14.0. The average Bonchev–Trinajstić information content (AvgIpc) is 2.73. The molecule has 0 atom stereocenters.